The number of amides is 1. The Kier molecular flexibility index (Phi) is 7.38. The third-order valence-electron chi connectivity index (χ3n) is 5.78. The van der Waals surface area contributed by atoms with Crippen LogP contribution >= 0.6 is 0 Å². The summed E-state index contributed by atoms with van der Waals surface area (Å²) >= 11 is 0. The van der Waals surface area contributed by atoms with Crippen molar-refractivity contribution in [3.63, 3.8) is 0 Å². The van der Waals surface area contributed by atoms with Gasteiger partial charge in [0.15, 0.2) is 0 Å². The van der Waals surface area contributed by atoms with E-state index in [1.807, 2.05) is 57.2 Å². The van der Waals surface area contributed by atoms with Gasteiger partial charge in [-0.15, -0.1) is 0 Å². The fourth-order valence-electron chi connectivity index (χ4n) is 4.39. The number of nitrogens with zero attached hydrogens (tertiary/aromatic N) is 1. The van der Waals surface area contributed by atoms with Gasteiger partial charge in [-0.1, -0.05) is 29.8 Å². The number of rotatable bonds is 8. The maximum absolute atomic E-state index is 13.4. The van der Waals surface area contributed by atoms with Crippen LogP contribution in [0.25, 0.3) is 0 Å². The molecule has 1 N–H and O–H groups in total. The van der Waals surface area contributed by atoms with Crippen molar-refractivity contribution in [3.05, 3.63) is 58.7 Å². The molecule has 1 amide bonds. The molecule has 0 aliphatic carbocycles. The fraction of sp³-hybridized carbons (Fsp3) is 0.458. The van der Waals surface area contributed by atoms with E-state index in [0.29, 0.717) is 30.8 Å². The van der Waals surface area contributed by atoms with E-state index < -0.39 is 16.1 Å². The molecule has 2 aromatic rings. The van der Waals surface area contributed by atoms with Crippen LogP contribution in [0.5, 0.6) is 5.75 Å². The highest BCUT2D eigenvalue weighted by molar-refractivity contribution is 7.89. The van der Waals surface area contributed by atoms with Crippen molar-refractivity contribution < 1.29 is 17.9 Å². The van der Waals surface area contributed by atoms with Gasteiger partial charge in [-0.2, -0.15) is 4.31 Å². The Morgan fingerprint density at radius 2 is 1.77 bits per heavy atom. The minimum atomic E-state index is -3.73. The summed E-state index contributed by atoms with van der Waals surface area (Å²) < 4.78 is 33.4. The predicted octanol–water partition coefficient (Wildman–Crippen LogP) is 3.52. The highest BCUT2D eigenvalue weighted by atomic mass is 32.2. The summed E-state index contributed by atoms with van der Waals surface area (Å²) in [6.07, 6.45) is 2.85. The summed E-state index contributed by atoms with van der Waals surface area (Å²) in [5.41, 5.74) is 3.65. The van der Waals surface area contributed by atoms with Gasteiger partial charge in [0, 0.05) is 13.1 Å². The molecule has 0 bridgehead atoms. The molecule has 2 aromatic carbocycles. The Morgan fingerprint density at radius 1 is 1.13 bits per heavy atom. The van der Waals surface area contributed by atoms with Crippen LogP contribution in [0.1, 0.15) is 41.5 Å². The van der Waals surface area contributed by atoms with Crippen LogP contribution in [-0.2, 0) is 21.2 Å². The summed E-state index contributed by atoms with van der Waals surface area (Å²) in [6.45, 7) is 6.47. The van der Waals surface area contributed by atoms with Crippen LogP contribution in [-0.4, -0.2) is 44.9 Å². The number of carbonyl (C=O) groups is 1. The van der Waals surface area contributed by atoms with Gasteiger partial charge < -0.3 is 10.1 Å². The summed E-state index contributed by atoms with van der Waals surface area (Å²) in [6, 6.07) is 11.0. The fourth-order valence-corrected chi connectivity index (χ4v) is 6.47. The van der Waals surface area contributed by atoms with E-state index in [0.717, 1.165) is 35.3 Å². The number of sulfonamides is 1. The zero-order chi connectivity index (χ0) is 22.6. The van der Waals surface area contributed by atoms with Crippen LogP contribution in [0.3, 0.4) is 0 Å². The minimum Gasteiger partial charge on any atom is -0.497 e. The number of hydrogen-bond acceptors (Lipinski definition) is 4. The van der Waals surface area contributed by atoms with Crippen molar-refractivity contribution in [1.82, 2.24) is 9.62 Å². The first-order valence-electron chi connectivity index (χ1n) is 10.7. The maximum Gasteiger partial charge on any atom is 0.244 e. The minimum absolute atomic E-state index is 0.210. The molecule has 1 aliphatic heterocycles. The molecular weight excluding hydrogens is 412 g/mol. The van der Waals surface area contributed by atoms with E-state index in [1.165, 1.54) is 9.87 Å². The molecule has 1 heterocycles. The lowest BCUT2D eigenvalue weighted by Gasteiger charge is -2.25. The van der Waals surface area contributed by atoms with Crippen LogP contribution in [0.15, 0.2) is 41.3 Å². The third-order valence-corrected chi connectivity index (χ3v) is 7.99. The number of ether oxygens (including phenoxy) is 1. The van der Waals surface area contributed by atoms with Crippen molar-refractivity contribution in [2.75, 3.05) is 20.2 Å². The second kappa shape index (κ2) is 9.83. The highest BCUT2D eigenvalue weighted by Gasteiger charge is 2.40. The molecule has 168 valence electrons. The molecule has 0 spiro atoms. The number of aryl methyl sites for hydroxylation is 4. The van der Waals surface area contributed by atoms with Crippen LogP contribution in [0.2, 0.25) is 0 Å². The van der Waals surface area contributed by atoms with E-state index >= 15 is 0 Å². The molecule has 31 heavy (non-hydrogen) atoms. The normalized spacial score (nSPS) is 17.0. The zero-order valence-corrected chi connectivity index (χ0v) is 19.6. The van der Waals surface area contributed by atoms with E-state index in [1.54, 1.807) is 7.11 Å². The Bertz CT molecular complexity index is 1010. The monoisotopic (exact) mass is 444 g/mol. The van der Waals surface area contributed by atoms with Crippen molar-refractivity contribution >= 4 is 15.9 Å². The van der Waals surface area contributed by atoms with Gasteiger partial charge in [-0.3, -0.25) is 4.79 Å². The molecule has 7 heteroatoms. The van der Waals surface area contributed by atoms with Crippen molar-refractivity contribution in [3.8, 4) is 5.75 Å². The first-order valence-corrected chi connectivity index (χ1v) is 12.2. The molecule has 1 fully saturated rings. The zero-order valence-electron chi connectivity index (χ0n) is 18.8. The first kappa shape index (κ1) is 23.3. The number of carbonyl (C=O) groups excluding carboxylic acids is 1. The average molecular weight is 445 g/mol. The number of benzene rings is 2. The lowest BCUT2D eigenvalue weighted by Crippen LogP contribution is -2.46. The molecule has 1 unspecified atom stereocenters. The smallest absolute Gasteiger partial charge is 0.244 e. The molecule has 3 rings (SSSR count). The molecule has 0 saturated carbocycles. The Hall–Kier alpha value is -2.38. The SMILES string of the molecule is COc1ccc(CCCNC(=O)C2CCCN2S(=O)(=O)c2c(C)cc(C)cc2C)cc1. The largest absolute Gasteiger partial charge is 0.497 e. The molecule has 1 aliphatic rings. The van der Waals surface area contributed by atoms with Gasteiger partial charge in [0.05, 0.1) is 12.0 Å². The number of nitrogens with one attached hydrogen (secondary N) is 1. The molecule has 0 radical (unpaired) electrons. The predicted molar refractivity (Wildman–Crippen MR) is 122 cm³/mol. The summed E-state index contributed by atoms with van der Waals surface area (Å²) in [4.78, 5) is 13.1. The summed E-state index contributed by atoms with van der Waals surface area (Å²) in [7, 11) is -2.09. The van der Waals surface area contributed by atoms with Gasteiger partial charge >= 0.3 is 0 Å². The van der Waals surface area contributed by atoms with E-state index in [4.69, 9.17) is 4.74 Å². The van der Waals surface area contributed by atoms with E-state index in [-0.39, 0.29) is 5.91 Å². The van der Waals surface area contributed by atoms with Crippen LogP contribution in [0.4, 0.5) is 0 Å². The molecule has 6 nitrogen and oxygen atoms in total. The molecule has 1 atom stereocenters. The van der Waals surface area contributed by atoms with Crippen LogP contribution in [0, 0.1) is 20.8 Å². The quantitative estimate of drug-likeness (QED) is 0.632. The standard InChI is InChI=1S/C24H32N2O4S/c1-17-15-18(2)23(19(3)16-17)31(28,29)26-14-6-8-22(26)24(27)25-13-5-7-20-9-11-21(30-4)12-10-20/h9-12,15-16,22H,5-8,13-14H2,1-4H3,(H,25,27). The molecule has 1 saturated heterocycles. The topological polar surface area (TPSA) is 75.7 Å². The second-order valence-corrected chi connectivity index (χ2v) is 10.1. The Balaban J connectivity index is 1.62. The first-order chi connectivity index (χ1) is 14.7. The molecular formula is C24H32N2O4S. The van der Waals surface area contributed by atoms with E-state index in [2.05, 4.69) is 5.32 Å². The lowest BCUT2D eigenvalue weighted by atomic mass is 10.1. The summed E-state index contributed by atoms with van der Waals surface area (Å²) in [5.74, 6) is 0.608. The van der Waals surface area contributed by atoms with Gasteiger partial charge in [-0.25, -0.2) is 8.42 Å². The lowest BCUT2D eigenvalue weighted by molar-refractivity contribution is -0.124. The van der Waals surface area contributed by atoms with Gasteiger partial charge in [-0.05, 0) is 75.3 Å². The second-order valence-electron chi connectivity index (χ2n) is 8.24. The van der Waals surface area contributed by atoms with Crippen molar-refractivity contribution in [2.45, 2.75) is 57.4 Å². The average Bonchev–Trinajstić information content (AvgIpc) is 3.21. The van der Waals surface area contributed by atoms with Gasteiger partial charge in [0.2, 0.25) is 15.9 Å². The Morgan fingerprint density at radius 3 is 2.39 bits per heavy atom. The summed E-state index contributed by atoms with van der Waals surface area (Å²) in [5, 5.41) is 2.94. The Labute approximate surface area is 185 Å². The van der Waals surface area contributed by atoms with Gasteiger partial charge in [0.1, 0.15) is 11.8 Å². The maximum atomic E-state index is 13.4. The van der Waals surface area contributed by atoms with Crippen LogP contribution < -0.4 is 10.1 Å². The van der Waals surface area contributed by atoms with Crippen molar-refractivity contribution in [1.29, 1.82) is 0 Å². The van der Waals surface area contributed by atoms with E-state index in [9.17, 15) is 13.2 Å². The van der Waals surface area contributed by atoms with Crippen molar-refractivity contribution in [2.24, 2.45) is 0 Å². The number of hydrogen-bond donors (Lipinski definition) is 1. The number of methoxy groups -OCH3 is 1. The highest BCUT2D eigenvalue weighted by Crippen LogP contribution is 2.30. The molecule has 0 aromatic heterocycles. The third kappa shape index (κ3) is 5.28. The van der Waals surface area contributed by atoms with Gasteiger partial charge in [0.25, 0.3) is 0 Å².